The van der Waals surface area contributed by atoms with Gasteiger partial charge in [0.2, 0.25) is 5.88 Å². The Labute approximate surface area is 145 Å². The molecular weight excluding hydrogens is 306 g/mol. The fourth-order valence-electron chi connectivity index (χ4n) is 2.02. The van der Waals surface area contributed by atoms with Gasteiger partial charge in [-0.3, -0.25) is 0 Å². The van der Waals surface area contributed by atoms with Gasteiger partial charge in [0, 0.05) is 12.3 Å². The molecule has 0 aliphatic carbocycles. The largest absolute Gasteiger partial charge is 0.502 e. The summed E-state index contributed by atoms with van der Waals surface area (Å²) >= 11 is 0. The van der Waals surface area contributed by atoms with E-state index in [9.17, 15) is 0 Å². The summed E-state index contributed by atoms with van der Waals surface area (Å²) in [5.74, 6) is 1.40. The standard InChI is InChI=1S/C19H29NO4/c1-3-21-13-7-5-9-15-23-18-11-12-20-19(17-18)24-16-10-6-8-14-22-4-2/h3-4,11-12,17H,1-2,5-10,13-16H2. The highest BCUT2D eigenvalue weighted by Crippen LogP contribution is 2.17. The average Bonchev–Trinajstić information content (AvgIpc) is 2.60. The van der Waals surface area contributed by atoms with Gasteiger partial charge in [-0.1, -0.05) is 13.2 Å². The van der Waals surface area contributed by atoms with E-state index in [1.54, 1.807) is 6.20 Å². The van der Waals surface area contributed by atoms with Crippen molar-refractivity contribution in [1.29, 1.82) is 0 Å². The lowest BCUT2D eigenvalue weighted by Gasteiger charge is -2.09. The second kappa shape index (κ2) is 14.4. The van der Waals surface area contributed by atoms with Crippen LogP contribution in [0.1, 0.15) is 38.5 Å². The zero-order valence-corrected chi connectivity index (χ0v) is 14.5. The van der Waals surface area contributed by atoms with E-state index in [0.29, 0.717) is 25.7 Å². The molecule has 24 heavy (non-hydrogen) atoms. The number of hydrogen-bond acceptors (Lipinski definition) is 5. The second-order valence-electron chi connectivity index (χ2n) is 5.22. The average molecular weight is 335 g/mol. The normalized spacial score (nSPS) is 10.0. The van der Waals surface area contributed by atoms with E-state index in [4.69, 9.17) is 18.9 Å². The third-order valence-corrected chi connectivity index (χ3v) is 3.27. The van der Waals surface area contributed by atoms with Gasteiger partial charge in [-0.2, -0.15) is 0 Å². The summed E-state index contributed by atoms with van der Waals surface area (Å²) < 4.78 is 21.5. The number of rotatable bonds is 16. The molecule has 0 aliphatic heterocycles. The molecule has 1 aromatic rings. The number of ether oxygens (including phenoxy) is 4. The van der Waals surface area contributed by atoms with Crippen LogP contribution in [0.4, 0.5) is 0 Å². The summed E-state index contributed by atoms with van der Waals surface area (Å²) in [5, 5.41) is 0. The van der Waals surface area contributed by atoms with Crippen molar-refractivity contribution in [1.82, 2.24) is 4.98 Å². The van der Waals surface area contributed by atoms with Gasteiger partial charge in [-0.25, -0.2) is 4.98 Å². The van der Waals surface area contributed by atoms with Gasteiger partial charge in [-0.15, -0.1) is 0 Å². The molecule has 1 heterocycles. The summed E-state index contributed by atoms with van der Waals surface area (Å²) in [4.78, 5) is 4.20. The molecule has 0 saturated heterocycles. The van der Waals surface area contributed by atoms with E-state index < -0.39 is 0 Å². The SMILES string of the molecule is C=COCCCCCOc1ccnc(OCCCCCOC=C)c1. The van der Waals surface area contributed by atoms with Crippen LogP contribution in [0.15, 0.2) is 44.0 Å². The highest BCUT2D eigenvalue weighted by atomic mass is 16.5. The minimum atomic E-state index is 0.606. The second-order valence-corrected chi connectivity index (χ2v) is 5.22. The summed E-state index contributed by atoms with van der Waals surface area (Å²) in [6.07, 6.45) is 10.8. The van der Waals surface area contributed by atoms with Crippen LogP contribution in [-0.2, 0) is 9.47 Å². The van der Waals surface area contributed by atoms with Crippen molar-refractivity contribution in [2.45, 2.75) is 38.5 Å². The Bertz CT molecular complexity index is 413. The molecule has 0 unspecified atom stereocenters. The summed E-state index contributed by atoms with van der Waals surface area (Å²) in [7, 11) is 0. The fraction of sp³-hybridized carbons (Fsp3) is 0.526. The topological polar surface area (TPSA) is 49.8 Å². The highest BCUT2D eigenvalue weighted by Gasteiger charge is 2.00. The van der Waals surface area contributed by atoms with Crippen molar-refractivity contribution < 1.29 is 18.9 Å². The molecular formula is C19H29NO4. The minimum Gasteiger partial charge on any atom is -0.502 e. The van der Waals surface area contributed by atoms with E-state index in [0.717, 1.165) is 50.9 Å². The molecule has 134 valence electrons. The van der Waals surface area contributed by atoms with Crippen molar-refractivity contribution >= 4 is 0 Å². The molecule has 0 aromatic carbocycles. The van der Waals surface area contributed by atoms with Crippen LogP contribution in [0.3, 0.4) is 0 Å². The zero-order chi connectivity index (χ0) is 17.3. The molecule has 0 bridgehead atoms. The molecule has 1 rings (SSSR count). The predicted molar refractivity (Wildman–Crippen MR) is 95.2 cm³/mol. The fourth-order valence-corrected chi connectivity index (χ4v) is 2.02. The van der Waals surface area contributed by atoms with Crippen molar-refractivity contribution in [3.05, 3.63) is 44.0 Å². The van der Waals surface area contributed by atoms with Gasteiger partial charge in [-0.05, 0) is 44.6 Å². The maximum atomic E-state index is 5.72. The first-order valence-electron chi connectivity index (χ1n) is 8.53. The molecule has 0 spiro atoms. The highest BCUT2D eigenvalue weighted by molar-refractivity contribution is 5.26. The van der Waals surface area contributed by atoms with Crippen molar-refractivity contribution in [3.8, 4) is 11.6 Å². The molecule has 1 aromatic heterocycles. The molecule has 0 saturated carbocycles. The van der Waals surface area contributed by atoms with Crippen LogP contribution in [0.5, 0.6) is 11.6 Å². The Kier molecular flexibility index (Phi) is 11.9. The molecule has 0 aliphatic rings. The molecule has 0 amide bonds. The van der Waals surface area contributed by atoms with Crippen molar-refractivity contribution in [3.63, 3.8) is 0 Å². The maximum Gasteiger partial charge on any atom is 0.216 e. The zero-order valence-electron chi connectivity index (χ0n) is 14.5. The lowest BCUT2D eigenvalue weighted by atomic mass is 10.2. The van der Waals surface area contributed by atoms with Crippen LogP contribution in [0.25, 0.3) is 0 Å². The number of hydrogen-bond donors (Lipinski definition) is 0. The lowest BCUT2D eigenvalue weighted by molar-refractivity contribution is 0.232. The van der Waals surface area contributed by atoms with E-state index in [2.05, 4.69) is 18.1 Å². The van der Waals surface area contributed by atoms with E-state index in [-0.39, 0.29) is 0 Å². The summed E-state index contributed by atoms with van der Waals surface area (Å²) in [6.45, 7) is 9.78. The van der Waals surface area contributed by atoms with Crippen LogP contribution in [0, 0.1) is 0 Å². The lowest BCUT2D eigenvalue weighted by Crippen LogP contribution is -2.02. The number of aromatic nitrogens is 1. The van der Waals surface area contributed by atoms with E-state index >= 15 is 0 Å². The quantitative estimate of drug-likeness (QED) is 0.329. The Morgan fingerprint density at radius 3 is 2.00 bits per heavy atom. The Morgan fingerprint density at radius 2 is 1.38 bits per heavy atom. The molecule has 5 nitrogen and oxygen atoms in total. The first-order chi connectivity index (χ1) is 11.9. The predicted octanol–water partition coefficient (Wildman–Crippen LogP) is 4.50. The third kappa shape index (κ3) is 10.5. The summed E-state index contributed by atoms with van der Waals surface area (Å²) in [6, 6.07) is 3.68. The summed E-state index contributed by atoms with van der Waals surface area (Å²) in [5.41, 5.74) is 0. The molecule has 0 N–H and O–H groups in total. The van der Waals surface area contributed by atoms with Gasteiger partial charge in [0.15, 0.2) is 0 Å². The van der Waals surface area contributed by atoms with Gasteiger partial charge < -0.3 is 18.9 Å². The van der Waals surface area contributed by atoms with Crippen molar-refractivity contribution in [2.75, 3.05) is 26.4 Å². The molecule has 0 fully saturated rings. The molecule has 0 atom stereocenters. The van der Waals surface area contributed by atoms with E-state index in [1.807, 2.05) is 12.1 Å². The number of unbranched alkanes of at least 4 members (excludes halogenated alkanes) is 4. The van der Waals surface area contributed by atoms with Crippen LogP contribution in [0.2, 0.25) is 0 Å². The number of nitrogens with zero attached hydrogens (tertiary/aromatic N) is 1. The Morgan fingerprint density at radius 1 is 0.792 bits per heavy atom. The molecule has 5 heteroatoms. The Hall–Kier alpha value is -2.17. The monoisotopic (exact) mass is 335 g/mol. The van der Waals surface area contributed by atoms with Gasteiger partial charge in [0.1, 0.15) is 5.75 Å². The third-order valence-electron chi connectivity index (χ3n) is 3.27. The van der Waals surface area contributed by atoms with E-state index in [1.165, 1.54) is 12.5 Å². The molecule has 0 radical (unpaired) electrons. The van der Waals surface area contributed by atoms with Gasteiger partial charge in [0.05, 0.1) is 39.0 Å². The first kappa shape index (κ1) is 19.9. The number of pyridine rings is 1. The van der Waals surface area contributed by atoms with Gasteiger partial charge in [0.25, 0.3) is 0 Å². The van der Waals surface area contributed by atoms with Crippen LogP contribution in [-0.4, -0.2) is 31.4 Å². The Balaban J connectivity index is 2.10. The smallest absolute Gasteiger partial charge is 0.216 e. The van der Waals surface area contributed by atoms with Gasteiger partial charge >= 0.3 is 0 Å². The van der Waals surface area contributed by atoms with Crippen LogP contribution < -0.4 is 9.47 Å². The maximum absolute atomic E-state index is 5.72. The van der Waals surface area contributed by atoms with Crippen molar-refractivity contribution in [2.24, 2.45) is 0 Å². The minimum absolute atomic E-state index is 0.606. The first-order valence-corrected chi connectivity index (χ1v) is 8.53. The van der Waals surface area contributed by atoms with Crippen LogP contribution >= 0.6 is 0 Å².